The van der Waals surface area contributed by atoms with Crippen LogP contribution in [-0.2, 0) is 13.3 Å². The van der Waals surface area contributed by atoms with E-state index in [4.69, 9.17) is 27.9 Å². The van der Waals surface area contributed by atoms with Crippen molar-refractivity contribution in [2.24, 2.45) is 0 Å². The first-order valence-corrected chi connectivity index (χ1v) is 11.9. The summed E-state index contributed by atoms with van der Waals surface area (Å²) in [6, 6.07) is 26.6. The van der Waals surface area contributed by atoms with E-state index in [9.17, 15) is 4.79 Å². The van der Waals surface area contributed by atoms with Crippen molar-refractivity contribution in [1.29, 1.82) is 0 Å². The highest BCUT2D eigenvalue weighted by Crippen LogP contribution is 2.23. The number of amides is 1. The minimum Gasteiger partial charge on any atom is -0.471 e. The van der Waals surface area contributed by atoms with Gasteiger partial charge in [-0.05, 0) is 47.0 Å². The number of rotatable bonds is 8. The van der Waals surface area contributed by atoms with Gasteiger partial charge in [0.05, 0.1) is 6.54 Å². The summed E-state index contributed by atoms with van der Waals surface area (Å²) in [5.74, 6) is 0.757. The molecule has 0 unspecified atom stereocenters. The number of hydrogen-bond donors (Lipinski definition) is 1. The molecule has 0 saturated heterocycles. The summed E-state index contributed by atoms with van der Waals surface area (Å²) >= 11 is 12.2. The average molecular weight is 518 g/mol. The maximum absolute atomic E-state index is 12.6. The van der Waals surface area contributed by atoms with Crippen LogP contribution in [0.4, 0.5) is 5.82 Å². The molecule has 0 saturated carbocycles. The Morgan fingerprint density at radius 1 is 0.833 bits per heavy atom. The highest BCUT2D eigenvalue weighted by atomic mass is 35.5. The van der Waals surface area contributed by atoms with Crippen LogP contribution in [0.3, 0.4) is 0 Å². The topological polar surface area (TPSA) is 74.0 Å². The van der Waals surface area contributed by atoms with Crippen LogP contribution in [0.5, 0.6) is 5.75 Å². The first-order valence-electron chi connectivity index (χ1n) is 11.1. The second-order valence-electron chi connectivity index (χ2n) is 7.99. The van der Waals surface area contributed by atoms with Gasteiger partial charge in [-0.25, -0.2) is 4.68 Å². The Balaban J connectivity index is 1.15. The zero-order chi connectivity index (χ0) is 24.9. The minimum atomic E-state index is -0.365. The predicted octanol–water partition coefficient (Wildman–Crippen LogP) is 6.39. The summed E-state index contributed by atoms with van der Waals surface area (Å²) in [6.07, 6.45) is 3.45. The molecule has 2 aromatic heterocycles. The molecular formula is C27H21Cl2N5O2. The second kappa shape index (κ2) is 10.7. The average Bonchev–Trinajstić information content (AvgIpc) is 3.55. The number of hydrogen-bond acceptors (Lipinski definition) is 4. The highest BCUT2D eigenvalue weighted by Gasteiger charge is 2.12. The molecule has 5 rings (SSSR count). The van der Waals surface area contributed by atoms with Gasteiger partial charge in [0.25, 0.3) is 5.91 Å². The van der Waals surface area contributed by atoms with Crippen molar-refractivity contribution >= 4 is 34.9 Å². The number of nitrogens with zero attached hydrogens (tertiary/aromatic N) is 4. The van der Waals surface area contributed by atoms with Crippen LogP contribution in [-0.4, -0.2) is 25.5 Å². The molecule has 0 aliphatic carbocycles. The van der Waals surface area contributed by atoms with Gasteiger partial charge in [0.1, 0.15) is 5.75 Å². The molecule has 36 heavy (non-hydrogen) atoms. The standard InChI is InChI=1S/C27H21Cl2N5O2/c28-22-9-6-21(24(29)16-22)17-33-15-13-26(32-33)30-27(35)25-12-14-34(31-25)18-36-23-10-7-20(8-11-23)19-4-2-1-3-5-19/h1-16H,17-18H2,(H,30,32,35). The van der Waals surface area contributed by atoms with Crippen LogP contribution in [0.2, 0.25) is 10.0 Å². The van der Waals surface area contributed by atoms with Gasteiger partial charge in [0.15, 0.2) is 18.2 Å². The molecule has 0 radical (unpaired) electrons. The first-order chi connectivity index (χ1) is 17.5. The van der Waals surface area contributed by atoms with Crippen molar-refractivity contribution in [1.82, 2.24) is 19.6 Å². The zero-order valence-electron chi connectivity index (χ0n) is 19.0. The van der Waals surface area contributed by atoms with Crippen LogP contribution in [0.1, 0.15) is 16.1 Å². The molecule has 5 aromatic rings. The van der Waals surface area contributed by atoms with E-state index in [1.165, 1.54) is 0 Å². The molecule has 0 aliphatic heterocycles. The maximum Gasteiger partial charge on any atom is 0.277 e. The van der Waals surface area contributed by atoms with E-state index in [-0.39, 0.29) is 18.3 Å². The Morgan fingerprint density at radius 2 is 1.58 bits per heavy atom. The molecule has 3 aromatic carbocycles. The van der Waals surface area contributed by atoms with Crippen LogP contribution >= 0.6 is 23.2 Å². The van der Waals surface area contributed by atoms with Crippen LogP contribution in [0.15, 0.2) is 97.3 Å². The molecule has 1 amide bonds. The van der Waals surface area contributed by atoms with Crippen molar-refractivity contribution < 1.29 is 9.53 Å². The third-order valence-corrected chi connectivity index (χ3v) is 6.01. The minimum absolute atomic E-state index is 0.175. The van der Waals surface area contributed by atoms with E-state index in [0.29, 0.717) is 28.2 Å². The van der Waals surface area contributed by atoms with E-state index in [2.05, 4.69) is 27.6 Å². The van der Waals surface area contributed by atoms with Gasteiger partial charge in [0.2, 0.25) is 0 Å². The Hall–Kier alpha value is -4.07. The van der Waals surface area contributed by atoms with Crippen molar-refractivity contribution in [2.75, 3.05) is 5.32 Å². The normalized spacial score (nSPS) is 10.8. The Morgan fingerprint density at radius 3 is 2.36 bits per heavy atom. The SMILES string of the molecule is O=C(Nc1ccn(Cc2ccc(Cl)cc2Cl)n1)c1ccn(COc2ccc(-c3ccccc3)cc2)n1. The largest absolute Gasteiger partial charge is 0.471 e. The fraction of sp³-hybridized carbons (Fsp3) is 0.0741. The van der Waals surface area contributed by atoms with Gasteiger partial charge in [-0.15, -0.1) is 0 Å². The molecular weight excluding hydrogens is 497 g/mol. The Kier molecular flexibility index (Phi) is 7.02. The Bertz CT molecular complexity index is 1480. The molecule has 0 aliphatic rings. The molecule has 180 valence electrons. The van der Waals surface area contributed by atoms with Gasteiger partial charge >= 0.3 is 0 Å². The number of halogens is 2. The lowest BCUT2D eigenvalue weighted by Gasteiger charge is -2.07. The van der Waals surface area contributed by atoms with E-state index in [0.717, 1.165) is 16.7 Å². The van der Waals surface area contributed by atoms with Crippen molar-refractivity contribution in [3.8, 4) is 16.9 Å². The van der Waals surface area contributed by atoms with Gasteiger partial charge in [-0.3, -0.25) is 9.48 Å². The third-order valence-electron chi connectivity index (χ3n) is 5.43. The number of ether oxygens (including phenoxy) is 1. The predicted molar refractivity (Wildman–Crippen MR) is 140 cm³/mol. The van der Waals surface area contributed by atoms with E-state index >= 15 is 0 Å². The number of carbonyl (C=O) groups is 1. The molecule has 7 nitrogen and oxygen atoms in total. The summed E-state index contributed by atoms with van der Waals surface area (Å²) in [5.41, 5.74) is 3.38. The summed E-state index contributed by atoms with van der Waals surface area (Å²) < 4.78 is 9.04. The van der Waals surface area contributed by atoms with Gasteiger partial charge in [-0.1, -0.05) is 71.7 Å². The number of aromatic nitrogens is 4. The van der Waals surface area contributed by atoms with Crippen molar-refractivity contribution in [3.63, 3.8) is 0 Å². The van der Waals surface area contributed by atoms with E-state index in [1.54, 1.807) is 46.0 Å². The number of nitrogens with one attached hydrogen (secondary N) is 1. The third kappa shape index (κ3) is 5.76. The van der Waals surface area contributed by atoms with Gasteiger partial charge in [-0.2, -0.15) is 10.2 Å². The van der Waals surface area contributed by atoms with Gasteiger partial charge in [0, 0.05) is 28.5 Å². The number of benzene rings is 3. The summed E-state index contributed by atoms with van der Waals surface area (Å²) in [6.45, 7) is 0.624. The van der Waals surface area contributed by atoms with Crippen LogP contribution in [0.25, 0.3) is 11.1 Å². The summed E-state index contributed by atoms with van der Waals surface area (Å²) in [7, 11) is 0. The lowest BCUT2D eigenvalue weighted by molar-refractivity contribution is 0.101. The van der Waals surface area contributed by atoms with E-state index < -0.39 is 0 Å². The number of carbonyl (C=O) groups excluding carboxylic acids is 1. The molecule has 2 heterocycles. The molecule has 0 fully saturated rings. The lowest BCUT2D eigenvalue weighted by Crippen LogP contribution is -2.15. The zero-order valence-corrected chi connectivity index (χ0v) is 20.5. The smallest absolute Gasteiger partial charge is 0.277 e. The first kappa shape index (κ1) is 23.7. The Labute approximate surface area is 217 Å². The highest BCUT2D eigenvalue weighted by molar-refractivity contribution is 6.35. The summed E-state index contributed by atoms with van der Waals surface area (Å²) in [5, 5.41) is 12.6. The molecule has 9 heteroatoms. The quantitative estimate of drug-likeness (QED) is 0.258. The monoisotopic (exact) mass is 517 g/mol. The number of anilines is 1. The lowest BCUT2D eigenvalue weighted by atomic mass is 10.1. The molecule has 0 spiro atoms. The maximum atomic E-state index is 12.6. The van der Waals surface area contributed by atoms with E-state index in [1.807, 2.05) is 48.5 Å². The van der Waals surface area contributed by atoms with Crippen LogP contribution < -0.4 is 10.1 Å². The van der Waals surface area contributed by atoms with Crippen molar-refractivity contribution in [2.45, 2.75) is 13.3 Å². The fourth-order valence-electron chi connectivity index (χ4n) is 3.59. The van der Waals surface area contributed by atoms with Gasteiger partial charge < -0.3 is 10.1 Å². The fourth-order valence-corrected chi connectivity index (χ4v) is 4.06. The second-order valence-corrected chi connectivity index (χ2v) is 8.84. The molecule has 0 atom stereocenters. The molecule has 0 bridgehead atoms. The van der Waals surface area contributed by atoms with Crippen molar-refractivity contribution in [3.05, 3.63) is 119 Å². The molecule has 1 N–H and O–H groups in total. The summed E-state index contributed by atoms with van der Waals surface area (Å²) in [4.78, 5) is 12.6. The van der Waals surface area contributed by atoms with Crippen LogP contribution in [0, 0.1) is 0 Å².